The minimum absolute atomic E-state index is 0.934. The van der Waals surface area contributed by atoms with Gasteiger partial charge in [0, 0.05) is 10.8 Å². The summed E-state index contributed by atoms with van der Waals surface area (Å²) in [5.41, 5.74) is 1.14. The fourth-order valence-corrected chi connectivity index (χ4v) is 2.02. The summed E-state index contributed by atoms with van der Waals surface area (Å²) in [7, 11) is 0. The summed E-state index contributed by atoms with van der Waals surface area (Å²) in [5, 5.41) is 2.38. The lowest BCUT2D eigenvalue weighted by atomic mass is 10.1. The second-order valence-electron chi connectivity index (χ2n) is 3.83. The molecule has 0 fully saturated rings. The van der Waals surface area contributed by atoms with Gasteiger partial charge in [0.1, 0.15) is 11.5 Å². The summed E-state index contributed by atoms with van der Waals surface area (Å²) in [6.45, 7) is 2.05. The summed E-state index contributed by atoms with van der Waals surface area (Å²) in [4.78, 5) is 0. The smallest absolute Gasteiger partial charge is 0.135 e. The van der Waals surface area contributed by atoms with Crippen LogP contribution in [0.25, 0.3) is 12.2 Å². The Morgan fingerprint density at radius 1 is 0.938 bits per heavy atom. The van der Waals surface area contributed by atoms with E-state index in [9.17, 15) is 0 Å². The molecule has 78 valence electrons. The van der Waals surface area contributed by atoms with Gasteiger partial charge in [0.15, 0.2) is 0 Å². The van der Waals surface area contributed by atoms with Crippen LogP contribution in [-0.4, -0.2) is 0 Å². The first-order chi connectivity index (χ1) is 7.88. The van der Waals surface area contributed by atoms with Crippen LogP contribution in [0.15, 0.2) is 42.5 Å². The highest BCUT2D eigenvalue weighted by Crippen LogP contribution is 2.26. The lowest BCUT2D eigenvalue weighted by molar-refractivity contribution is 0.473. The summed E-state index contributed by atoms with van der Waals surface area (Å²) < 4.78 is 5.87. The Morgan fingerprint density at radius 3 is 2.62 bits per heavy atom. The first kappa shape index (κ1) is 9.22. The van der Waals surface area contributed by atoms with Crippen LogP contribution in [0.3, 0.4) is 0 Å². The summed E-state index contributed by atoms with van der Waals surface area (Å²) in [6.07, 6.45) is 4.29. The van der Waals surface area contributed by atoms with Gasteiger partial charge in [-0.3, -0.25) is 0 Å². The molecule has 1 heteroatoms. The van der Waals surface area contributed by atoms with Crippen LogP contribution in [0.2, 0.25) is 0 Å². The predicted molar refractivity (Wildman–Crippen MR) is 65.9 cm³/mol. The van der Waals surface area contributed by atoms with Gasteiger partial charge in [-0.15, -0.1) is 0 Å². The maximum absolute atomic E-state index is 5.87. The number of ether oxygens (including phenoxy) is 1. The van der Waals surface area contributed by atoms with E-state index in [0.717, 1.165) is 17.1 Å². The van der Waals surface area contributed by atoms with Gasteiger partial charge in [-0.05, 0) is 30.4 Å². The first-order valence-electron chi connectivity index (χ1n) is 5.42. The molecule has 1 aliphatic heterocycles. The van der Waals surface area contributed by atoms with Crippen LogP contribution >= 0.6 is 0 Å². The Morgan fingerprint density at radius 2 is 1.75 bits per heavy atom. The zero-order chi connectivity index (χ0) is 11.0. The minimum Gasteiger partial charge on any atom is -0.456 e. The molecule has 0 amide bonds. The molecule has 0 unspecified atom stereocenters. The van der Waals surface area contributed by atoms with E-state index in [-0.39, 0.29) is 0 Å². The molecule has 3 rings (SSSR count). The van der Waals surface area contributed by atoms with E-state index >= 15 is 0 Å². The van der Waals surface area contributed by atoms with E-state index in [4.69, 9.17) is 4.74 Å². The van der Waals surface area contributed by atoms with Crippen molar-refractivity contribution in [3.8, 4) is 11.5 Å². The Kier molecular flexibility index (Phi) is 2.03. The van der Waals surface area contributed by atoms with Crippen molar-refractivity contribution in [2.24, 2.45) is 0 Å². The van der Waals surface area contributed by atoms with Crippen LogP contribution in [-0.2, 0) is 0 Å². The predicted octanol–water partition coefficient (Wildman–Crippen LogP) is 2.42. The summed E-state index contributed by atoms with van der Waals surface area (Å²) in [5.74, 6) is 1.87. The highest BCUT2D eigenvalue weighted by atomic mass is 16.5. The molecule has 0 saturated heterocycles. The van der Waals surface area contributed by atoms with Gasteiger partial charge in [-0.2, -0.15) is 0 Å². The van der Waals surface area contributed by atoms with E-state index in [2.05, 4.69) is 24.3 Å². The standard InChI is InChI=1S/C15H12O/c1-2-11-7-5-9-15-13(11)10-12-6-3-4-8-14(12)16-15/h2-10H,1H3. The van der Waals surface area contributed by atoms with Gasteiger partial charge < -0.3 is 4.74 Å². The van der Waals surface area contributed by atoms with Crippen molar-refractivity contribution in [2.75, 3.05) is 0 Å². The third kappa shape index (κ3) is 1.33. The monoisotopic (exact) mass is 208 g/mol. The molecule has 0 aromatic heterocycles. The number of benzene rings is 2. The number of para-hydroxylation sites is 1. The Labute approximate surface area is 94.3 Å². The second-order valence-corrected chi connectivity index (χ2v) is 3.83. The van der Waals surface area contributed by atoms with E-state index in [1.807, 2.05) is 37.3 Å². The molecule has 0 bridgehead atoms. The van der Waals surface area contributed by atoms with E-state index < -0.39 is 0 Å². The lowest BCUT2D eigenvalue weighted by Crippen LogP contribution is -2.27. The van der Waals surface area contributed by atoms with Crippen molar-refractivity contribution in [3.05, 3.63) is 58.5 Å². The lowest BCUT2D eigenvalue weighted by Gasteiger charge is -2.14. The Balaban J connectivity index is 2.40. The minimum atomic E-state index is 0.934. The van der Waals surface area contributed by atoms with Gasteiger partial charge in [0.25, 0.3) is 0 Å². The SMILES string of the molecule is CC=c1cccc2c1=Cc1ccccc1O2. The fourth-order valence-electron chi connectivity index (χ4n) is 2.02. The summed E-state index contributed by atoms with van der Waals surface area (Å²) in [6, 6.07) is 14.2. The second kappa shape index (κ2) is 3.53. The van der Waals surface area contributed by atoms with Crippen LogP contribution in [0.1, 0.15) is 12.5 Å². The molecule has 1 nitrogen and oxygen atoms in total. The molecule has 0 radical (unpaired) electrons. The number of rotatable bonds is 0. The molecule has 0 atom stereocenters. The normalized spacial score (nSPS) is 13.4. The Hall–Kier alpha value is -2.02. The molecule has 1 aliphatic rings. The number of hydrogen-bond donors (Lipinski definition) is 0. The molecule has 0 aliphatic carbocycles. The van der Waals surface area contributed by atoms with Gasteiger partial charge >= 0.3 is 0 Å². The van der Waals surface area contributed by atoms with E-state index in [1.54, 1.807) is 0 Å². The molecule has 2 aromatic rings. The third-order valence-corrected chi connectivity index (χ3v) is 2.85. The van der Waals surface area contributed by atoms with Crippen LogP contribution in [0, 0.1) is 0 Å². The average molecular weight is 208 g/mol. The quantitative estimate of drug-likeness (QED) is 0.551. The van der Waals surface area contributed by atoms with Crippen molar-refractivity contribution in [2.45, 2.75) is 6.92 Å². The highest BCUT2D eigenvalue weighted by Gasteiger charge is 2.09. The molecule has 0 spiro atoms. The third-order valence-electron chi connectivity index (χ3n) is 2.85. The van der Waals surface area contributed by atoms with Crippen molar-refractivity contribution < 1.29 is 4.74 Å². The van der Waals surface area contributed by atoms with Crippen LogP contribution in [0.5, 0.6) is 11.5 Å². The van der Waals surface area contributed by atoms with Crippen molar-refractivity contribution in [1.29, 1.82) is 0 Å². The van der Waals surface area contributed by atoms with Crippen molar-refractivity contribution in [3.63, 3.8) is 0 Å². The van der Waals surface area contributed by atoms with Crippen molar-refractivity contribution in [1.82, 2.24) is 0 Å². The number of hydrogen-bond acceptors (Lipinski definition) is 1. The van der Waals surface area contributed by atoms with Crippen LogP contribution < -0.4 is 15.2 Å². The largest absolute Gasteiger partial charge is 0.456 e. The van der Waals surface area contributed by atoms with Gasteiger partial charge in [-0.1, -0.05) is 36.4 Å². The zero-order valence-electron chi connectivity index (χ0n) is 9.10. The van der Waals surface area contributed by atoms with Gasteiger partial charge in [0.05, 0.1) is 0 Å². The fraction of sp³-hybridized carbons (Fsp3) is 0.0667. The molecule has 2 aromatic carbocycles. The zero-order valence-corrected chi connectivity index (χ0v) is 9.10. The first-order valence-corrected chi connectivity index (χ1v) is 5.42. The molecular weight excluding hydrogens is 196 g/mol. The maximum atomic E-state index is 5.87. The summed E-state index contributed by atoms with van der Waals surface area (Å²) >= 11 is 0. The number of fused-ring (bicyclic) bond motifs is 2. The average Bonchev–Trinajstić information content (AvgIpc) is 2.35. The molecule has 0 saturated carbocycles. The van der Waals surface area contributed by atoms with E-state index in [0.29, 0.717) is 0 Å². The highest BCUT2D eigenvalue weighted by molar-refractivity contribution is 5.63. The van der Waals surface area contributed by atoms with Gasteiger partial charge in [0.2, 0.25) is 0 Å². The Bertz CT molecular complexity index is 653. The van der Waals surface area contributed by atoms with E-state index in [1.165, 1.54) is 10.4 Å². The van der Waals surface area contributed by atoms with Crippen LogP contribution in [0.4, 0.5) is 0 Å². The molecular formula is C15H12O. The molecule has 0 N–H and O–H groups in total. The molecule has 16 heavy (non-hydrogen) atoms. The van der Waals surface area contributed by atoms with Crippen molar-refractivity contribution >= 4 is 12.2 Å². The van der Waals surface area contributed by atoms with Gasteiger partial charge in [-0.25, -0.2) is 0 Å². The molecule has 1 heterocycles. The topological polar surface area (TPSA) is 9.23 Å². The maximum Gasteiger partial charge on any atom is 0.135 e.